The van der Waals surface area contributed by atoms with Crippen LogP contribution in [0.15, 0.2) is 26.1 Å². The van der Waals surface area contributed by atoms with E-state index in [0.717, 1.165) is 14.9 Å². The van der Waals surface area contributed by atoms with Crippen LogP contribution in [0, 0.1) is 6.92 Å². The third kappa shape index (κ3) is 2.58. The average molecular weight is 257 g/mol. The van der Waals surface area contributed by atoms with Crippen molar-refractivity contribution in [3.05, 3.63) is 27.4 Å². The van der Waals surface area contributed by atoms with Crippen molar-refractivity contribution in [2.45, 2.75) is 16.2 Å². The number of thiophene rings is 1. The van der Waals surface area contributed by atoms with Gasteiger partial charge in [-0.05, 0) is 13.0 Å². The summed E-state index contributed by atoms with van der Waals surface area (Å²) in [6, 6.07) is 1.68. The van der Waals surface area contributed by atoms with Crippen molar-refractivity contribution in [1.29, 1.82) is 0 Å². The third-order valence-electron chi connectivity index (χ3n) is 1.59. The summed E-state index contributed by atoms with van der Waals surface area (Å²) in [6.07, 6.45) is 0. The van der Waals surface area contributed by atoms with Gasteiger partial charge < -0.3 is 5.11 Å². The number of nitrogens with zero attached hydrogens (tertiary/aromatic N) is 1. The highest BCUT2D eigenvalue weighted by molar-refractivity contribution is 8.01. The molecule has 2 heterocycles. The molecule has 0 unspecified atom stereocenters. The van der Waals surface area contributed by atoms with Crippen LogP contribution in [0.3, 0.4) is 0 Å². The first-order chi connectivity index (χ1) is 7.15. The Balaban J connectivity index is 2.14. The maximum Gasteiger partial charge on any atom is 0.345 e. The Morgan fingerprint density at radius 1 is 1.47 bits per heavy atom. The van der Waals surface area contributed by atoms with E-state index in [-0.39, 0.29) is 0 Å². The number of aryl methyl sites for hydroxylation is 1. The highest BCUT2D eigenvalue weighted by atomic mass is 32.2. The molecule has 0 radical (unpaired) electrons. The number of hydrogen-bond acceptors (Lipinski definition) is 5. The summed E-state index contributed by atoms with van der Waals surface area (Å²) in [5, 5.41) is 12.6. The number of carboxylic acid groups (broad SMARTS) is 1. The molecule has 0 saturated carbocycles. The number of thiazole rings is 1. The Bertz CT molecular complexity index is 489. The lowest BCUT2D eigenvalue weighted by atomic mass is 10.5. The lowest BCUT2D eigenvalue weighted by molar-refractivity contribution is 0.0702. The van der Waals surface area contributed by atoms with Crippen LogP contribution in [0.5, 0.6) is 0 Å². The molecular weight excluding hydrogens is 250 g/mol. The first-order valence-electron chi connectivity index (χ1n) is 4.07. The van der Waals surface area contributed by atoms with E-state index in [2.05, 4.69) is 4.98 Å². The Morgan fingerprint density at radius 2 is 2.27 bits per heavy atom. The molecule has 0 atom stereocenters. The standard InChI is InChI=1S/C9H7NO2S3/c1-5-3-14-9(10-5)15-6-2-7(8(11)12)13-4-6/h2-4H,1H3,(H,11,12). The minimum Gasteiger partial charge on any atom is -0.477 e. The summed E-state index contributed by atoms with van der Waals surface area (Å²) in [5.41, 5.74) is 0.996. The Labute approximate surface area is 98.8 Å². The molecule has 0 aliphatic heterocycles. The largest absolute Gasteiger partial charge is 0.477 e. The van der Waals surface area contributed by atoms with E-state index >= 15 is 0 Å². The van der Waals surface area contributed by atoms with Gasteiger partial charge >= 0.3 is 5.97 Å². The van der Waals surface area contributed by atoms with Gasteiger partial charge in [0.1, 0.15) is 4.88 Å². The average Bonchev–Trinajstić information content (AvgIpc) is 2.76. The molecule has 0 spiro atoms. The monoisotopic (exact) mass is 257 g/mol. The van der Waals surface area contributed by atoms with Gasteiger partial charge in [-0.2, -0.15) is 0 Å². The quantitative estimate of drug-likeness (QED) is 0.916. The van der Waals surface area contributed by atoms with Gasteiger partial charge in [-0.25, -0.2) is 9.78 Å². The van der Waals surface area contributed by atoms with Crippen LogP contribution in [-0.4, -0.2) is 16.1 Å². The minimum atomic E-state index is -0.873. The Morgan fingerprint density at radius 3 is 2.80 bits per heavy atom. The molecule has 0 bridgehead atoms. The number of aromatic carboxylic acids is 1. The first-order valence-corrected chi connectivity index (χ1v) is 6.64. The Kier molecular flexibility index (Phi) is 3.08. The van der Waals surface area contributed by atoms with Crippen molar-refractivity contribution in [2.24, 2.45) is 0 Å². The zero-order valence-electron chi connectivity index (χ0n) is 7.76. The van der Waals surface area contributed by atoms with Gasteiger partial charge in [0.25, 0.3) is 0 Å². The second-order valence-electron chi connectivity index (χ2n) is 2.81. The molecule has 0 fully saturated rings. The SMILES string of the molecule is Cc1csc(Sc2csc(C(=O)O)c2)n1. The highest BCUT2D eigenvalue weighted by Crippen LogP contribution is 2.33. The number of rotatable bonds is 3. The van der Waals surface area contributed by atoms with E-state index in [9.17, 15) is 4.79 Å². The normalized spacial score (nSPS) is 10.5. The van der Waals surface area contributed by atoms with Crippen LogP contribution in [0.25, 0.3) is 0 Å². The van der Waals surface area contributed by atoms with E-state index in [4.69, 9.17) is 5.11 Å². The molecule has 2 rings (SSSR count). The summed E-state index contributed by atoms with van der Waals surface area (Å²) >= 11 is 4.31. The van der Waals surface area contributed by atoms with E-state index in [0.29, 0.717) is 4.88 Å². The smallest absolute Gasteiger partial charge is 0.345 e. The molecule has 0 aliphatic rings. The number of carboxylic acids is 1. The fourth-order valence-corrected chi connectivity index (χ4v) is 3.70. The predicted molar refractivity (Wildman–Crippen MR) is 62.3 cm³/mol. The molecule has 78 valence electrons. The van der Waals surface area contributed by atoms with E-state index in [1.807, 2.05) is 17.7 Å². The van der Waals surface area contributed by atoms with Gasteiger partial charge in [-0.15, -0.1) is 22.7 Å². The lowest BCUT2D eigenvalue weighted by Crippen LogP contribution is -1.89. The predicted octanol–water partition coefficient (Wildman–Crippen LogP) is 3.36. The third-order valence-corrected chi connectivity index (χ3v) is 4.68. The second-order valence-corrected chi connectivity index (χ2v) is 5.90. The van der Waals surface area contributed by atoms with E-state index in [1.165, 1.54) is 23.1 Å². The molecular formula is C9H7NO2S3. The molecule has 0 aliphatic carbocycles. The van der Waals surface area contributed by atoms with Crippen molar-refractivity contribution >= 4 is 40.4 Å². The number of hydrogen-bond donors (Lipinski definition) is 1. The summed E-state index contributed by atoms with van der Waals surface area (Å²) in [7, 11) is 0. The van der Waals surface area contributed by atoms with Gasteiger partial charge in [0.2, 0.25) is 0 Å². The van der Waals surface area contributed by atoms with Crippen LogP contribution in [-0.2, 0) is 0 Å². The van der Waals surface area contributed by atoms with E-state index < -0.39 is 5.97 Å². The van der Waals surface area contributed by atoms with Crippen molar-refractivity contribution < 1.29 is 9.90 Å². The first kappa shape index (κ1) is 10.7. The van der Waals surface area contributed by atoms with Crippen molar-refractivity contribution in [3.8, 4) is 0 Å². The summed E-state index contributed by atoms with van der Waals surface area (Å²) in [5.74, 6) is -0.873. The van der Waals surface area contributed by atoms with Crippen molar-refractivity contribution in [1.82, 2.24) is 4.98 Å². The topological polar surface area (TPSA) is 50.2 Å². The summed E-state index contributed by atoms with van der Waals surface area (Å²) in [4.78, 5) is 16.3. The summed E-state index contributed by atoms with van der Waals surface area (Å²) < 4.78 is 0.947. The molecule has 2 aromatic heterocycles. The highest BCUT2D eigenvalue weighted by Gasteiger charge is 2.08. The van der Waals surface area contributed by atoms with Gasteiger partial charge in [-0.1, -0.05) is 11.8 Å². The molecule has 3 nitrogen and oxygen atoms in total. The van der Waals surface area contributed by atoms with Crippen LogP contribution < -0.4 is 0 Å². The van der Waals surface area contributed by atoms with Gasteiger partial charge in [0.05, 0.1) is 0 Å². The molecule has 6 heteroatoms. The maximum absolute atomic E-state index is 10.7. The van der Waals surface area contributed by atoms with Gasteiger partial charge in [-0.3, -0.25) is 0 Å². The Hall–Kier alpha value is -0.850. The van der Waals surface area contributed by atoms with Crippen LogP contribution >= 0.6 is 34.4 Å². The van der Waals surface area contributed by atoms with E-state index in [1.54, 1.807) is 17.4 Å². The van der Waals surface area contributed by atoms with Gasteiger partial charge in [0.15, 0.2) is 4.34 Å². The van der Waals surface area contributed by atoms with Crippen molar-refractivity contribution in [3.63, 3.8) is 0 Å². The number of carbonyl (C=O) groups is 1. The molecule has 0 aromatic carbocycles. The lowest BCUT2D eigenvalue weighted by Gasteiger charge is -1.89. The zero-order chi connectivity index (χ0) is 10.8. The summed E-state index contributed by atoms with van der Waals surface area (Å²) in [6.45, 7) is 1.94. The second kappa shape index (κ2) is 4.34. The van der Waals surface area contributed by atoms with Gasteiger partial charge in [0, 0.05) is 21.3 Å². The van der Waals surface area contributed by atoms with Crippen molar-refractivity contribution in [2.75, 3.05) is 0 Å². The maximum atomic E-state index is 10.7. The fraction of sp³-hybridized carbons (Fsp3) is 0.111. The molecule has 2 aromatic rings. The molecule has 1 N–H and O–H groups in total. The molecule has 0 saturated heterocycles. The molecule has 15 heavy (non-hydrogen) atoms. The number of aromatic nitrogens is 1. The van der Waals surface area contributed by atoms with Crippen LogP contribution in [0.2, 0.25) is 0 Å². The van der Waals surface area contributed by atoms with Crippen LogP contribution in [0.1, 0.15) is 15.4 Å². The zero-order valence-corrected chi connectivity index (χ0v) is 10.2. The molecule has 0 amide bonds. The fourth-order valence-electron chi connectivity index (χ4n) is 0.965. The minimum absolute atomic E-state index is 0.366. The van der Waals surface area contributed by atoms with Crippen LogP contribution in [0.4, 0.5) is 0 Å².